The summed E-state index contributed by atoms with van der Waals surface area (Å²) in [6.07, 6.45) is 7.52. The molecule has 6 heterocycles. The molecule has 3 aromatic heterocycles. The molecule has 11 rings (SSSR count). The van der Waals surface area contributed by atoms with Gasteiger partial charge in [-0.05, 0) is 153 Å². The highest BCUT2D eigenvalue weighted by atomic mass is 32.1. The van der Waals surface area contributed by atoms with Crippen LogP contribution in [0.5, 0.6) is 5.75 Å². The first-order chi connectivity index (χ1) is 42.0. The van der Waals surface area contributed by atoms with Gasteiger partial charge in [-0.15, -0.1) is 22.7 Å². The zero-order valence-corrected chi connectivity index (χ0v) is 52.4. The smallest absolute Gasteiger partial charge is 0.357 e. The molecule has 1 spiro atoms. The summed E-state index contributed by atoms with van der Waals surface area (Å²) in [6.45, 7) is 11.4. The standard InChI is InChI=1S/C67H75N9O8S3/c1-42-58(85-41-69-42)47-21-17-45(18-22-47)37-68-61(80)53-36-48(77)38-76(53)62(81)59(66(2,3)4)71-56(78)40-74-33-30-67(31-34-74)28-25-44(26-29-67)16-15-43-19-23-49(24-20-43)84-35-9-14-55-57(63(82)83-5)72-65(87-55)75-32-27-46-10-8-11-50(51(46)39-75)60(79)73-64-70-52-12-6-7-13-54(52)86-64/h6-8,10-13,17-24,41,44,48,53,59,77H,9,14,25-40H2,1-5H3,(H,68,80)(H,71,78)(H,70,73,79)/t48-,53+,59-/m1/s1. The monoisotopic (exact) mass is 1230 g/mol. The number of anilines is 2. The second kappa shape index (κ2) is 26.8. The molecule has 2 saturated heterocycles. The van der Waals surface area contributed by atoms with Crippen molar-refractivity contribution in [1.29, 1.82) is 0 Å². The third-order valence-electron chi connectivity index (χ3n) is 17.5. The second-order valence-electron chi connectivity index (χ2n) is 24.6. The van der Waals surface area contributed by atoms with Crippen molar-refractivity contribution >= 4 is 84.1 Å². The van der Waals surface area contributed by atoms with Crippen LogP contribution in [-0.2, 0) is 45.1 Å². The molecule has 3 atom stereocenters. The van der Waals surface area contributed by atoms with E-state index in [-0.39, 0.29) is 55.1 Å². The van der Waals surface area contributed by atoms with E-state index in [9.17, 15) is 29.1 Å². The number of nitrogens with zero attached hydrogens (tertiary/aromatic N) is 6. The summed E-state index contributed by atoms with van der Waals surface area (Å²) < 4.78 is 12.3. The molecule has 1 aliphatic carbocycles. The van der Waals surface area contributed by atoms with Crippen molar-refractivity contribution in [1.82, 2.24) is 35.4 Å². The van der Waals surface area contributed by atoms with Crippen LogP contribution in [0.4, 0.5) is 10.3 Å². The summed E-state index contributed by atoms with van der Waals surface area (Å²) in [6, 6.07) is 27.8. The summed E-state index contributed by atoms with van der Waals surface area (Å²) in [5, 5.41) is 21.0. The highest BCUT2D eigenvalue weighted by molar-refractivity contribution is 7.22. The third kappa shape index (κ3) is 14.6. The van der Waals surface area contributed by atoms with Gasteiger partial charge < -0.3 is 35.0 Å². The third-order valence-corrected chi connectivity index (χ3v) is 20.6. The first-order valence-corrected chi connectivity index (χ1v) is 32.6. The van der Waals surface area contributed by atoms with Crippen LogP contribution >= 0.6 is 34.0 Å². The number of carbonyl (C=O) groups is 5. The Hall–Kier alpha value is -7.54. The van der Waals surface area contributed by atoms with Gasteiger partial charge in [0.1, 0.15) is 17.8 Å². The predicted octanol–water partition coefficient (Wildman–Crippen LogP) is 10.2. The number of nitrogens with one attached hydrogen (secondary N) is 3. The Morgan fingerprint density at radius 2 is 1.67 bits per heavy atom. The lowest BCUT2D eigenvalue weighted by molar-refractivity contribution is -0.144. The molecule has 1 saturated carbocycles. The molecule has 20 heteroatoms. The number of para-hydroxylation sites is 1. The molecule has 4 N–H and O–H groups in total. The Morgan fingerprint density at radius 1 is 0.897 bits per heavy atom. The molecule has 0 bridgehead atoms. The minimum absolute atomic E-state index is 0.0213. The average molecular weight is 1230 g/mol. The number of aliphatic hydroxyl groups excluding tert-OH is 1. The molecule has 4 aromatic carbocycles. The van der Waals surface area contributed by atoms with Crippen LogP contribution < -0.4 is 25.6 Å². The van der Waals surface area contributed by atoms with Crippen molar-refractivity contribution in [3.05, 3.63) is 141 Å². The number of aryl methyl sites for hydroxylation is 2. The number of aliphatic hydroxyl groups is 1. The van der Waals surface area contributed by atoms with E-state index in [1.54, 1.807) is 11.3 Å². The van der Waals surface area contributed by atoms with E-state index < -0.39 is 29.6 Å². The number of piperidine rings is 1. The number of carbonyl (C=O) groups excluding carboxylic acids is 5. The van der Waals surface area contributed by atoms with Gasteiger partial charge in [0.2, 0.25) is 17.7 Å². The van der Waals surface area contributed by atoms with Gasteiger partial charge in [0.25, 0.3) is 5.91 Å². The van der Waals surface area contributed by atoms with Gasteiger partial charge in [-0.3, -0.25) is 29.4 Å². The summed E-state index contributed by atoms with van der Waals surface area (Å²) in [5.74, 6) is 6.42. The number of ether oxygens (including phenoxy) is 2. The number of benzene rings is 4. The zero-order valence-electron chi connectivity index (χ0n) is 50.0. The van der Waals surface area contributed by atoms with E-state index in [1.165, 1.54) is 34.7 Å². The fourth-order valence-corrected chi connectivity index (χ4v) is 15.2. The maximum Gasteiger partial charge on any atom is 0.357 e. The lowest BCUT2D eigenvalue weighted by Gasteiger charge is -2.45. The summed E-state index contributed by atoms with van der Waals surface area (Å²) in [5.41, 5.74) is 9.09. The number of amides is 4. The normalized spacial score (nSPS) is 18.1. The summed E-state index contributed by atoms with van der Waals surface area (Å²) in [7, 11) is 1.37. The minimum Gasteiger partial charge on any atom is -0.494 e. The molecular weight excluding hydrogens is 1150 g/mol. The zero-order chi connectivity index (χ0) is 60.8. The van der Waals surface area contributed by atoms with Crippen LogP contribution in [0.1, 0.15) is 126 Å². The topological polar surface area (TPSA) is 209 Å². The van der Waals surface area contributed by atoms with Gasteiger partial charge in [0.05, 0.1) is 52.7 Å². The van der Waals surface area contributed by atoms with Gasteiger partial charge in [-0.2, -0.15) is 0 Å². The molecule has 454 valence electrons. The van der Waals surface area contributed by atoms with Crippen LogP contribution in [0.15, 0.2) is 96.5 Å². The SMILES string of the molecule is COC(=O)c1nc(N2CCc3cccc(C(=O)Nc4nc5ccccc5s4)c3C2)sc1CCCOc1ccc(C#CC2CCC3(CC2)CCN(CC(=O)N[C@H](C(=O)N2C[C@H](O)C[C@H]2C(=O)NCc2ccc(-c4scnc4C)cc2)C(C)(C)C)CC3)cc1. The highest BCUT2D eigenvalue weighted by Crippen LogP contribution is 2.46. The fraction of sp³-hybridized carbons (Fsp3) is 0.433. The van der Waals surface area contributed by atoms with Crippen molar-refractivity contribution in [2.24, 2.45) is 16.7 Å². The highest BCUT2D eigenvalue weighted by Gasteiger charge is 2.45. The molecule has 4 amide bonds. The second-order valence-corrected chi connectivity index (χ2v) is 27.5. The van der Waals surface area contributed by atoms with E-state index >= 15 is 0 Å². The van der Waals surface area contributed by atoms with E-state index in [0.29, 0.717) is 60.0 Å². The largest absolute Gasteiger partial charge is 0.494 e. The quantitative estimate of drug-likeness (QED) is 0.0381. The number of methoxy groups -OCH3 is 1. The Balaban J connectivity index is 0.606. The van der Waals surface area contributed by atoms with Crippen molar-refractivity contribution < 1.29 is 38.6 Å². The van der Waals surface area contributed by atoms with Crippen LogP contribution in [0.25, 0.3) is 20.7 Å². The van der Waals surface area contributed by atoms with Gasteiger partial charge >= 0.3 is 5.97 Å². The van der Waals surface area contributed by atoms with Crippen molar-refractivity contribution in [2.75, 3.05) is 56.7 Å². The van der Waals surface area contributed by atoms with Crippen molar-refractivity contribution in [3.8, 4) is 28.0 Å². The minimum atomic E-state index is -0.886. The molecule has 3 aliphatic heterocycles. The molecule has 87 heavy (non-hydrogen) atoms. The van der Waals surface area contributed by atoms with Crippen LogP contribution in [0.3, 0.4) is 0 Å². The lowest BCUT2D eigenvalue weighted by atomic mass is 9.65. The maximum absolute atomic E-state index is 14.3. The average Bonchev–Trinajstić information content (AvgIpc) is 2.50. The van der Waals surface area contributed by atoms with Crippen molar-refractivity contribution in [3.63, 3.8) is 0 Å². The molecule has 0 unspecified atom stereocenters. The van der Waals surface area contributed by atoms with E-state index in [2.05, 4.69) is 53.6 Å². The number of β-amino-alcohol motifs (C(OH)–C–C–N with tert-alkyl or cyclic N) is 1. The van der Waals surface area contributed by atoms with Crippen LogP contribution in [0.2, 0.25) is 0 Å². The van der Waals surface area contributed by atoms with Crippen molar-refractivity contribution in [2.45, 2.75) is 123 Å². The molecule has 7 aromatic rings. The predicted molar refractivity (Wildman–Crippen MR) is 341 cm³/mol. The van der Waals surface area contributed by atoms with E-state index in [0.717, 1.165) is 117 Å². The van der Waals surface area contributed by atoms with Gasteiger partial charge in [-0.25, -0.2) is 19.7 Å². The number of thiazole rings is 3. The Labute approximate surface area is 520 Å². The molecule has 0 radical (unpaired) electrons. The molecule has 4 aliphatic rings. The maximum atomic E-state index is 14.3. The summed E-state index contributed by atoms with van der Waals surface area (Å²) in [4.78, 5) is 89.7. The lowest BCUT2D eigenvalue weighted by Crippen LogP contribution is -2.59. The Bertz CT molecular complexity index is 3660. The van der Waals surface area contributed by atoms with Crippen LogP contribution in [-0.4, -0.2) is 124 Å². The number of hydrogen-bond donors (Lipinski definition) is 4. The number of fused-ring (bicyclic) bond motifs is 2. The summed E-state index contributed by atoms with van der Waals surface area (Å²) >= 11 is 4.51. The van der Waals surface area contributed by atoms with E-state index in [4.69, 9.17) is 14.5 Å². The van der Waals surface area contributed by atoms with Gasteiger partial charge in [0, 0.05) is 54.5 Å². The molecule has 17 nitrogen and oxygen atoms in total. The van der Waals surface area contributed by atoms with Crippen LogP contribution in [0, 0.1) is 35.5 Å². The molecular formula is C67H75N9O8S3. The number of aromatic nitrogens is 3. The fourth-order valence-electron chi connectivity index (χ4n) is 12.4. The van der Waals surface area contributed by atoms with Gasteiger partial charge in [-0.1, -0.05) is 92.5 Å². The van der Waals surface area contributed by atoms with E-state index in [1.807, 2.05) is 118 Å². The number of rotatable bonds is 17. The van der Waals surface area contributed by atoms with Gasteiger partial charge in [0.15, 0.2) is 16.0 Å². The number of hydrogen-bond acceptors (Lipinski definition) is 16. The number of esters is 1. The number of likely N-dealkylation sites (tertiary alicyclic amines) is 2. The first-order valence-electron chi connectivity index (χ1n) is 30.1. The first kappa shape index (κ1) is 61.1. The Morgan fingerprint density at radius 3 is 2.39 bits per heavy atom. The molecule has 3 fully saturated rings. The Kier molecular flexibility index (Phi) is 18.8.